The molecule has 0 aromatic rings. The van der Waals surface area contributed by atoms with Gasteiger partial charge in [-0.2, -0.15) is 0 Å². The Morgan fingerprint density at radius 2 is 1.21 bits per heavy atom. The van der Waals surface area contributed by atoms with Crippen LogP contribution in [-0.2, 0) is 0 Å². The third-order valence-corrected chi connectivity index (χ3v) is 4.06. The third-order valence-electron chi connectivity index (χ3n) is 3.06. The molecule has 0 unspecified atom stereocenters. The Labute approximate surface area is 122 Å². The van der Waals surface area contributed by atoms with E-state index in [0.29, 0.717) is 0 Å². The van der Waals surface area contributed by atoms with E-state index < -0.39 is 0 Å². The Kier molecular flexibility index (Phi) is 9.77. The summed E-state index contributed by atoms with van der Waals surface area (Å²) >= 11 is 0. The summed E-state index contributed by atoms with van der Waals surface area (Å²) < 4.78 is 0. The van der Waals surface area contributed by atoms with Crippen LogP contribution in [0.1, 0.15) is 34.6 Å². The molecule has 4 heteroatoms. The molecule has 1 aliphatic rings. The average molecular weight is 406 g/mol. The molecule has 0 fully saturated rings. The van der Waals surface area contributed by atoms with Crippen molar-refractivity contribution in [2.24, 2.45) is 5.41 Å². The third kappa shape index (κ3) is 3.06. The smallest absolute Gasteiger partial charge is 0.0666 e. The maximum atomic E-state index is 3.70. The van der Waals surface area contributed by atoms with Crippen molar-refractivity contribution in [3.05, 3.63) is 21.9 Å². The van der Waals surface area contributed by atoms with Crippen molar-refractivity contribution in [2.45, 2.75) is 34.6 Å². The lowest BCUT2D eigenvalue weighted by atomic mass is 9.87. The number of hydrogen-bond donors (Lipinski definition) is 0. The zero-order valence-electron chi connectivity index (χ0n) is 9.22. The van der Waals surface area contributed by atoms with Crippen LogP contribution in [0.4, 0.5) is 0 Å². The predicted molar refractivity (Wildman–Crippen MR) is 81.6 cm³/mol. The van der Waals surface area contributed by atoms with Gasteiger partial charge in [0.1, 0.15) is 0 Å². The van der Waals surface area contributed by atoms with E-state index in [4.69, 9.17) is 0 Å². The predicted octanol–water partition coefficient (Wildman–Crippen LogP) is 4.54. The molecular weight excluding hydrogens is 388 g/mol. The quantitative estimate of drug-likeness (QED) is 0.519. The van der Waals surface area contributed by atoms with Crippen molar-refractivity contribution < 1.29 is 0 Å². The van der Waals surface area contributed by atoms with Crippen LogP contribution in [-0.4, -0.2) is 10.2 Å². The largest absolute Gasteiger partial charge is 0.114 e. The van der Waals surface area contributed by atoms with Crippen LogP contribution >= 0.6 is 50.9 Å². The minimum atomic E-state index is 0. The molecule has 0 aromatic carbocycles. The summed E-state index contributed by atoms with van der Waals surface area (Å²) in [7, 11) is 3.70. The number of rotatable bonds is 0. The van der Waals surface area contributed by atoms with Crippen molar-refractivity contribution in [3.8, 4) is 0 Å². The molecule has 3 radical (unpaired) electrons. The van der Waals surface area contributed by atoms with Gasteiger partial charge in [-0.25, -0.2) is 0 Å². The summed E-state index contributed by atoms with van der Waals surface area (Å²) in [5, 5.41) is 1.34. The second-order valence-electron chi connectivity index (χ2n) is 3.88. The fourth-order valence-electron chi connectivity index (χ4n) is 1.59. The van der Waals surface area contributed by atoms with Gasteiger partial charge in [0.15, 0.2) is 0 Å². The van der Waals surface area contributed by atoms with Crippen molar-refractivity contribution in [3.63, 3.8) is 0 Å². The summed E-state index contributed by atoms with van der Waals surface area (Å²) in [6.45, 7) is 11.1. The molecule has 83 valence electrons. The molecule has 0 bridgehead atoms. The zero-order chi connectivity index (χ0) is 8.81. The lowest BCUT2D eigenvalue weighted by Crippen LogP contribution is -2.13. The molecule has 0 spiro atoms. The van der Waals surface area contributed by atoms with Crippen LogP contribution in [0.25, 0.3) is 0 Å². The van der Waals surface area contributed by atoms with Crippen molar-refractivity contribution in [1.29, 1.82) is 0 Å². The molecule has 0 aliphatic heterocycles. The van der Waals surface area contributed by atoms with Crippen LogP contribution in [0.3, 0.4) is 0 Å². The van der Waals surface area contributed by atoms with E-state index in [-0.39, 0.29) is 56.4 Å². The standard InChI is InChI=1S/C10H15Si.3BrH/c1-6-7(2)9(11)10(4,5)8(6)3;;;/h1-5H3;3*1H. The second kappa shape index (κ2) is 6.66. The Balaban J connectivity index is -0.000000403. The first kappa shape index (κ1) is 20.5. The summed E-state index contributed by atoms with van der Waals surface area (Å²) in [6, 6.07) is 0. The minimum absolute atomic E-state index is 0. The van der Waals surface area contributed by atoms with Crippen LogP contribution in [0, 0.1) is 5.41 Å². The van der Waals surface area contributed by atoms with Crippen LogP contribution in [0.15, 0.2) is 21.9 Å². The lowest BCUT2D eigenvalue weighted by Gasteiger charge is -2.23. The molecule has 0 amide bonds. The second-order valence-corrected chi connectivity index (χ2v) is 4.38. The first-order chi connectivity index (χ1) is 4.89. The van der Waals surface area contributed by atoms with Gasteiger partial charge in [0.05, 0.1) is 10.2 Å². The monoisotopic (exact) mass is 403 g/mol. The molecule has 0 nitrogen and oxygen atoms in total. The lowest BCUT2D eigenvalue weighted by molar-refractivity contribution is 0.574. The van der Waals surface area contributed by atoms with E-state index >= 15 is 0 Å². The first-order valence-electron chi connectivity index (χ1n) is 4.00. The van der Waals surface area contributed by atoms with Crippen molar-refractivity contribution in [2.75, 3.05) is 0 Å². The summed E-state index contributed by atoms with van der Waals surface area (Å²) in [4.78, 5) is 0. The molecule has 1 aliphatic carbocycles. The maximum absolute atomic E-state index is 3.70. The highest BCUT2D eigenvalue weighted by Crippen LogP contribution is 2.44. The molecule has 0 saturated heterocycles. The number of hydrogen-bond acceptors (Lipinski definition) is 0. The topological polar surface area (TPSA) is 0 Å². The highest BCUT2D eigenvalue weighted by Gasteiger charge is 2.30. The molecule has 1 rings (SSSR count). The highest BCUT2D eigenvalue weighted by atomic mass is 79.9. The van der Waals surface area contributed by atoms with E-state index in [1.54, 1.807) is 0 Å². The fraction of sp³-hybridized carbons (Fsp3) is 0.600. The van der Waals surface area contributed by atoms with E-state index in [0.717, 1.165) is 0 Å². The van der Waals surface area contributed by atoms with Gasteiger partial charge in [-0.3, -0.25) is 0 Å². The zero-order valence-corrected chi connectivity index (χ0v) is 15.4. The first-order valence-corrected chi connectivity index (χ1v) is 4.50. The molecule has 0 heterocycles. The van der Waals surface area contributed by atoms with Crippen LogP contribution < -0.4 is 0 Å². The van der Waals surface area contributed by atoms with E-state index in [9.17, 15) is 0 Å². The van der Waals surface area contributed by atoms with E-state index in [1.807, 2.05) is 0 Å². The normalized spacial score (nSPS) is 18.4. The maximum Gasteiger partial charge on any atom is 0.0666 e. The fourth-order valence-corrected chi connectivity index (χ4v) is 1.97. The van der Waals surface area contributed by atoms with Gasteiger partial charge in [0.25, 0.3) is 0 Å². The number of allylic oxidation sites excluding steroid dienone is 4. The van der Waals surface area contributed by atoms with Gasteiger partial charge in [0.2, 0.25) is 0 Å². The number of halogens is 3. The highest BCUT2D eigenvalue weighted by molar-refractivity contribution is 8.93. The Hall–Kier alpha value is 1.14. The van der Waals surface area contributed by atoms with E-state index in [2.05, 4.69) is 44.9 Å². The van der Waals surface area contributed by atoms with Gasteiger partial charge < -0.3 is 0 Å². The Bertz CT molecular complexity index is 239. The van der Waals surface area contributed by atoms with Gasteiger partial charge in [-0.05, 0) is 26.3 Å². The molecular formula is C10H18Br3Si. The average Bonchev–Trinajstić information content (AvgIpc) is 2.06. The SMILES string of the molecule is Br.Br.Br.CC1=C(C)C(C)(C)C([Si])=C1C. The van der Waals surface area contributed by atoms with Crippen molar-refractivity contribution in [1.82, 2.24) is 0 Å². The van der Waals surface area contributed by atoms with E-state index in [1.165, 1.54) is 21.9 Å². The Morgan fingerprint density at radius 3 is 1.29 bits per heavy atom. The van der Waals surface area contributed by atoms with Gasteiger partial charge in [-0.15, -0.1) is 50.9 Å². The minimum Gasteiger partial charge on any atom is -0.114 e. The summed E-state index contributed by atoms with van der Waals surface area (Å²) in [5.41, 5.74) is 4.56. The van der Waals surface area contributed by atoms with Gasteiger partial charge in [0, 0.05) is 5.41 Å². The Morgan fingerprint density at radius 1 is 0.857 bits per heavy atom. The molecule has 0 N–H and O–H groups in total. The van der Waals surface area contributed by atoms with Gasteiger partial charge in [-0.1, -0.05) is 30.2 Å². The van der Waals surface area contributed by atoms with Crippen LogP contribution in [0.5, 0.6) is 0 Å². The van der Waals surface area contributed by atoms with Gasteiger partial charge >= 0.3 is 0 Å². The molecule has 0 saturated carbocycles. The molecule has 0 atom stereocenters. The molecule has 14 heavy (non-hydrogen) atoms. The molecule has 0 aromatic heterocycles. The summed E-state index contributed by atoms with van der Waals surface area (Å²) in [6.07, 6.45) is 0. The summed E-state index contributed by atoms with van der Waals surface area (Å²) in [5.74, 6) is 0. The van der Waals surface area contributed by atoms with Crippen LogP contribution in [0.2, 0.25) is 0 Å². The van der Waals surface area contributed by atoms with Crippen molar-refractivity contribution >= 4 is 61.2 Å².